The molecule has 0 aliphatic rings. The summed E-state index contributed by atoms with van der Waals surface area (Å²) in [5.74, 6) is 1.42. The molecular formula is C13H12N4. The van der Waals surface area contributed by atoms with Crippen molar-refractivity contribution >= 4 is 16.9 Å². The smallest absolute Gasteiger partial charge is 0.149 e. The van der Waals surface area contributed by atoms with Crippen LogP contribution in [0.25, 0.3) is 22.4 Å². The minimum Gasteiger partial charge on any atom is -0.382 e. The van der Waals surface area contributed by atoms with E-state index < -0.39 is 0 Å². The van der Waals surface area contributed by atoms with Crippen LogP contribution in [0.15, 0.2) is 42.6 Å². The number of anilines is 1. The fourth-order valence-electron chi connectivity index (χ4n) is 2.03. The van der Waals surface area contributed by atoms with Crippen molar-refractivity contribution in [2.45, 2.75) is 0 Å². The summed E-state index contributed by atoms with van der Waals surface area (Å²) in [5.41, 5.74) is 8.71. The molecule has 1 aromatic carbocycles. The van der Waals surface area contributed by atoms with Crippen LogP contribution < -0.4 is 5.73 Å². The predicted molar refractivity (Wildman–Crippen MR) is 68.4 cm³/mol. The number of nitrogens with zero attached hydrogens (tertiary/aromatic N) is 3. The molecule has 0 atom stereocenters. The molecule has 0 saturated heterocycles. The second-order valence-electron chi connectivity index (χ2n) is 3.92. The second kappa shape index (κ2) is 3.59. The van der Waals surface area contributed by atoms with E-state index in [1.807, 2.05) is 48.0 Å². The zero-order valence-electron chi connectivity index (χ0n) is 9.46. The number of imidazole rings is 1. The average molecular weight is 224 g/mol. The monoisotopic (exact) mass is 224 g/mol. The lowest BCUT2D eigenvalue weighted by molar-refractivity contribution is 0.958. The Morgan fingerprint density at radius 2 is 1.88 bits per heavy atom. The molecule has 84 valence electrons. The Morgan fingerprint density at radius 1 is 1.12 bits per heavy atom. The van der Waals surface area contributed by atoms with Gasteiger partial charge in [-0.3, -0.25) is 0 Å². The van der Waals surface area contributed by atoms with Crippen LogP contribution in [0.5, 0.6) is 0 Å². The van der Waals surface area contributed by atoms with Gasteiger partial charge in [-0.1, -0.05) is 30.3 Å². The highest BCUT2D eigenvalue weighted by Gasteiger charge is 2.11. The lowest BCUT2D eigenvalue weighted by atomic mass is 10.2. The molecular weight excluding hydrogens is 212 g/mol. The number of rotatable bonds is 1. The summed E-state index contributed by atoms with van der Waals surface area (Å²) < 4.78 is 1.98. The quantitative estimate of drug-likeness (QED) is 0.689. The van der Waals surface area contributed by atoms with E-state index in [1.165, 1.54) is 0 Å². The maximum Gasteiger partial charge on any atom is 0.149 e. The molecule has 2 N–H and O–H groups in total. The van der Waals surface area contributed by atoms with E-state index in [2.05, 4.69) is 9.97 Å². The van der Waals surface area contributed by atoms with Crippen molar-refractivity contribution in [2.75, 3.05) is 5.73 Å². The SMILES string of the molecule is Cn1c(-c2ccccc2)nc2ccnc(N)c21. The summed E-state index contributed by atoms with van der Waals surface area (Å²) in [7, 11) is 1.95. The number of hydrogen-bond donors (Lipinski definition) is 1. The lowest BCUT2D eigenvalue weighted by Crippen LogP contribution is -1.97. The number of nitrogens with two attached hydrogens (primary N) is 1. The molecule has 0 aliphatic heterocycles. The van der Waals surface area contributed by atoms with Gasteiger partial charge in [0.1, 0.15) is 17.2 Å². The number of fused-ring (bicyclic) bond motifs is 1. The fourth-order valence-corrected chi connectivity index (χ4v) is 2.03. The van der Waals surface area contributed by atoms with Gasteiger partial charge in [0.2, 0.25) is 0 Å². The summed E-state index contributed by atoms with van der Waals surface area (Å²) in [6, 6.07) is 11.9. The van der Waals surface area contributed by atoms with Gasteiger partial charge in [-0.05, 0) is 6.07 Å². The van der Waals surface area contributed by atoms with E-state index in [1.54, 1.807) is 6.20 Å². The minimum atomic E-state index is 0.514. The first-order valence-corrected chi connectivity index (χ1v) is 5.39. The molecule has 0 radical (unpaired) electrons. The van der Waals surface area contributed by atoms with Crippen molar-refractivity contribution in [3.05, 3.63) is 42.6 Å². The Kier molecular flexibility index (Phi) is 2.08. The van der Waals surface area contributed by atoms with Gasteiger partial charge in [-0.2, -0.15) is 0 Å². The van der Waals surface area contributed by atoms with Crippen LogP contribution in [-0.2, 0) is 7.05 Å². The summed E-state index contributed by atoms with van der Waals surface area (Å²) in [6.45, 7) is 0. The van der Waals surface area contributed by atoms with Gasteiger partial charge >= 0.3 is 0 Å². The Bertz CT molecular complexity index is 670. The first kappa shape index (κ1) is 9.84. The fraction of sp³-hybridized carbons (Fsp3) is 0.0769. The van der Waals surface area contributed by atoms with Crippen molar-refractivity contribution in [2.24, 2.45) is 7.05 Å². The predicted octanol–water partition coefficient (Wildman–Crippen LogP) is 2.22. The third-order valence-corrected chi connectivity index (χ3v) is 2.84. The third-order valence-electron chi connectivity index (χ3n) is 2.84. The second-order valence-corrected chi connectivity index (χ2v) is 3.92. The maximum atomic E-state index is 5.88. The molecule has 4 nitrogen and oxygen atoms in total. The normalized spacial score (nSPS) is 10.9. The summed E-state index contributed by atoms with van der Waals surface area (Å²) >= 11 is 0. The number of nitrogen functional groups attached to an aromatic ring is 1. The van der Waals surface area contributed by atoms with Crippen molar-refractivity contribution < 1.29 is 0 Å². The summed E-state index contributed by atoms with van der Waals surface area (Å²) in [5, 5.41) is 0. The van der Waals surface area contributed by atoms with Crippen LogP contribution in [0, 0.1) is 0 Å². The third kappa shape index (κ3) is 1.45. The molecule has 0 unspecified atom stereocenters. The Morgan fingerprint density at radius 3 is 2.59 bits per heavy atom. The van der Waals surface area contributed by atoms with Gasteiger partial charge in [0.05, 0.1) is 5.52 Å². The van der Waals surface area contributed by atoms with Crippen molar-refractivity contribution in [1.82, 2.24) is 14.5 Å². The molecule has 0 spiro atoms. The lowest BCUT2D eigenvalue weighted by Gasteiger charge is -2.02. The molecule has 3 aromatic rings. The molecule has 2 heterocycles. The van der Waals surface area contributed by atoms with Gasteiger partial charge in [0, 0.05) is 18.8 Å². The molecule has 0 aliphatic carbocycles. The Labute approximate surface area is 98.7 Å². The van der Waals surface area contributed by atoms with Gasteiger partial charge in [-0.25, -0.2) is 9.97 Å². The summed E-state index contributed by atoms with van der Waals surface area (Å²) in [6.07, 6.45) is 1.68. The van der Waals surface area contributed by atoms with Crippen LogP contribution in [0.3, 0.4) is 0 Å². The maximum absolute atomic E-state index is 5.88. The van der Waals surface area contributed by atoms with Crippen molar-refractivity contribution in [3.63, 3.8) is 0 Å². The highest BCUT2D eigenvalue weighted by atomic mass is 15.1. The van der Waals surface area contributed by atoms with Gasteiger partial charge < -0.3 is 10.3 Å². The number of benzene rings is 1. The van der Waals surface area contributed by atoms with Gasteiger partial charge in [0.25, 0.3) is 0 Å². The molecule has 0 fully saturated rings. The minimum absolute atomic E-state index is 0.514. The standard InChI is InChI=1S/C13H12N4/c1-17-11-10(7-8-15-12(11)14)16-13(17)9-5-3-2-4-6-9/h2-8H,1H3,(H2,14,15). The van der Waals surface area contributed by atoms with Gasteiger partial charge in [0.15, 0.2) is 0 Å². The molecule has 0 saturated carbocycles. The highest BCUT2D eigenvalue weighted by Crippen LogP contribution is 2.25. The highest BCUT2D eigenvalue weighted by molar-refractivity contribution is 5.88. The average Bonchev–Trinajstić information content (AvgIpc) is 2.69. The molecule has 0 bridgehead atoms. The van der Waals surface area contributed by atoms with E-state index in [0.717, 1.165) is 22.4 Å². The zero-order valence-corrected chi connectivity index (χ0v) is 9.46. The topological polar surface area (TPSA) is 56.7 Å². The Hall–Kier alpha value is -2.36. The van der Waals surface area contributed by atoms with Crippen molar-refractivity contribution in [3.8, 4) is 11.4 Å². The molecule has 0 amide bonds. The van der Waals surface area contributed by atoms with Crippen LogP contribution >= 0.6 is 0 Å². The molecule has 17 heavy (non-hydrogen) atoms. The largest absolute Gasteiger partial charge is 0.382 e. The molecule has 3 rings (SSSR count). The first-order valence-electron chi connectivity index (χ1n) is 5.39. The number of aromatic nitrogens is 3. The van der Waals surface area contributed by atoms with E-state index in [0.29, 0.717) is 5.82 Å². The van der Waals surface area contributed by atoms with E-state index in [-0.39, 0.29) is 0 Å². The van der Waals surface area contributed by atoms with Gasteiger partial charge in [-0.15, -0.1) is 0 Å². The van der Waals surface area contributed by atoms with E-state index >= 15 is 0 Å². The van der Waals surface area contributed by atoms with E-state index in [9.17, 15) is 0 Å². The number of pyridine rings is 1. The van der Waals surface area contributed by atoms with Crippen LogP contribution in [0.4, 0.5) is 5.82 Å². The number of aryl methyl sites for hydroxylation is 1. The molecule has 2 aromatic heterocycles. The Balaban J connectivity index is 2.33. The van der Waals surface area contributed by atoms with Crippen molar-refractivity contribution in [1.29, 1.82) is 0 Å². The summed E-state index contributed by atoms with van der Waals surface area (Å²) in [4.78, 5) is 8.68. The first-order chi connectivity index (χ1) is 8.27. The van der Waals surface area contributed by atoms with E-state index in [4.69, 9.17) is 5.73 Å². The molecule has 4 heteroatoms. The van der Waals surface area contributed by atoms with Crippen LogP contribution in [0.2, 0.25) is 0 Å². The number of hydrogen-bond acceptors (Lipinski definition) is 3. The van der Waals surface area contributed by atoms with Crippen LogP contribution in [-0.4, -0.2) is 14.5 Å². The van der Waals surface area contributed by atoms with Crippen LogP contribution in [0.1, 0.15) is 0 Å². The zero-order chi connectivity index (χ0) is 11.8.